The first-order chi connectivity index (χ1) is 27.6. The van der Waals surface area contributed by atoms with Gasteiger partial charge in [0.25, 0.3) is 5.91 Å². The zero-order valence-corrected chi connectivity index (χ0v) is 34.1. The quantitative estimate of drug-likeness (QED) is 0.105. The summed E-state index contributed by atoms with van der Waals surface area (Å²) in [5.74, 6) is -5.19. The number of nitrogens with one attached hydrogen (secondary N) is 1. The van der Waals surface area contributed by atoms with E-state index in [-0.39, 0.29) is 54.5 Å². The molecule has 18 heteroatoms. The van der Waals surface area contributed by atoms with Crippen molar-refractivity contribution < 1.29 is 50.2 Å². The smallest absolute Gasteiger partial charge is 0.420 e. The minimum absolute atomic E-state index is 0.0382. The number of unbranched alkanes of at least 4 members (excludes halogenated alkanes) is 1. The molecule has 316 valence electrons. The Bertz CT molecular complexity index is 2170. The Hall–Kier alpha value is -5.28. The maximum Gasteiger partial charge on any atom is 0.420 e. The van der Waals surface area contributed by atoms with Gasteiger partial charge in [0.05, 0.1) is 35.8 Å². The Balaban J connectivity index is 1.16. The summed E-state index contributed by atoms with van der Waals surface area (Å²) in [6.45, 7) is 11.1. The largest absolute Gasteiger partial charge is 0.491 e. The number of halogens is 6. The van der Waals surface area contributed by atoms with Crippen molar-refractivity contribution in [2.24, 2.45) is 5.41 Å². The number of rotatable bonds is 13. The average Bonchev–Trinajstić information content (AvgIpc) is 3.65. The summed E-state index contributed by atoms with van der Waals surface area (Å²) in [5.41, 5.74) is -6.17. The minimum Gasteiger partial charge on any atom is -0.491 e. The fourth-order valence-electron chi connectivity index (χ4n) is 7.01. The number of nitriles is 1. The molecule has 11 nitrogen and oxygen atoms in total. The third-order valence-corrected chi connectivity index (χ3v) is 10.5. The number of anilines is 2. The van der Waals surface area contributed by atoms with E-state index in [9.17, 15) is 27.6 Å². The molecule has 2 saturated heterocycles. The Morgan fingerprint density at radius 3 is 2.36 bits per heavy atom. The van der Waals surface area contributed by atoms with E-state index >= 15 is 13.2 Å². The SMILES string of the molecule is CC1CCCN1C(=O)C(NC(=O)COCCCCOc1ccc(-c2ncc(N3C(=S)N(c4ccc(C#N)c(C(F)(F)F)c4F)C(=O)C3(C)C)cc2F)cc1F)C(C)(C)C. The summed E-state index contributed by atoms with van der Waals surface area (Å²) in [7, 11) is 0. The van der Waals surface area contributed by atoms with Gasteiger partial charge < -0.3 is 24.6 Å². The van der Waals surface area contributed by atoms with Crippen LogP contribution < -0.4 is 19.9 Å². The van der Waals surface area contributed by atoms with Crippen LogP contribution in [-0.4, -0.2) is 76.7 Å². The number of carbonyl (C=O) groups excluding carboxylic acids is 3. The molecule has 2 aliphatic heterocycles. The molecule has 0 spiro atoms. The number of likely N-dealkylation sites (tertiary alicyclic amines) is 1. The number of amides is 3. The average molecular weight is 847 g/mol. The first-order valence-electron chi connectivity index (χ1n) is 18.8. The lowest BCUT2D eigenvalue weighted by Gasteiger charge is -2.35. The van der Waals surface area contributed by atoms with Crippen molar-refractivity contribution in [3.63, 3.8) is 0 Å². The standard InChI is InChI=1S/C41H44F6N6O5S/c1-23-10-9-15-51(23)36(55)35(39(2,3)4)50-31(54)22-57-16-7-8-17-58-30-14-12-24(18-27(30)42)34-28(43)19-26(21-49-34)53-38(59)52(37(56)40(53,5)6)29-13-11-25(20-48)32(33(29)44)41(45,46)47/h11-14,18-19,21,23,35H,7-10,15-17,22H2,1-6H3,(H,50,54). The van der Waals surface area contributed by atoms with Crippen LogP contribution in [0.3, 0.4) is 0 Å². The summed E-state index contributed by atoms with van der Waals surface area (Å²) < 4.78 is 98.3. The number of hydrogen-bond donors (Lipinski definition) is 1. The molecule has 0 bridgehead atoms. The number of nitrogens with zero attached hydrogens (tertiary/aromatic N) is 5. The van der Waals surface area contributed by atoms with Crippen molar-refractivity contribution in [2.45, 2.75) is 91.0 Å². The van der Waals surface area contributed by atoms with Crippen molar-refractivity contribution in [3.05, 3.63) is 71.2 Å². The predicted molar refractivity (Wildman–Crippen MR) is 210 cm³/mol. The topological polar surface area (TPSA) is 128 Å². The fourth-order valence-corrected chi connectivity index (χ4v) is 7.52. The molecule has 2 fully saturated rings. The van der Waals surface area contributed by atoms with Gasteiger partial charge >= 0.3 is 6.18 Å². The molecule has 0 aliphatic carbocycles. The third-order valence-electron chi connectivity index (χ3n) is 10.2. The van der Waals surface area contributed by atoms with E-state index in [0.717, 1.165) is 48.2 Å². The second kappa shape index (κ2) is 17.5. The minimum atomic E-state index is -5.26. The van der Waals surface area contributed by atoms with Gasteiger partial charge in [-0.1, -0.05) is 20.8 Å². The number of aromatic nitrogens is 1. The van der Waals surface area contributed by atoms with E-state index in [1.54, 1.807) is 0 Å². The van der Waals surface area contributed by atoms with Crippen LogP contribution in [0.5, 0.6) is 5.75 Å². The van der Waals surface area contributed by atoms with Crippen molar-refractivity contribution in [1.29, 1.82) is 5.26 Å². The molecule has 2 unspecified atom stereocenters. The molecule has 0 radical (unpaired) electrons. The van der Waals surface area contributed by atoms with Gasteiger partial charge in [-0.15, -0.1) is 0 Å². The van der Waals surface area contributed by atoms with Gasteiger partial charge in [0.15, 0.2) is 28.3 Å². The lowest BCUT2D eigenvalue weighted by atomic mass is 9.85. The zero-order chi connectivity index (χ0) is 43.6. The van der Waals surface area contributed by atoms with Gasteiger partial charge in [-0.3, -0.25) is 24.3 Å². The van der Waals surface area contributed by atoms with Crippen molar-refractivity contribution >= 4 is 46.4 Å². The highest BCUT2D eigenvalue weighted by molar-refractivity contribution is 7.81. The fraction of sp³-hybridized carbons (Fsp3) is 0.463. The number of pyridine rings is 1. The van der Waals surface area contributed by atoms with Crippen LogP contribution in [0, 0.1) is 34.2 Å². The normalized spacial score (nSPS) is 17.3. The lowest BCUT2D eigenvalue weighted by molar-refractivity contribution is -0.141. The van der Waals surface area contributed by atoms with E-state index in [2.05, 4.69) is 10.3 Å². The Morgan fingerprint density at radius 1 is 1.07 bits per heavy atom. The number of ether oxygens (including phenoxy) is 2. The summed E-state index contributed by atoms with van der Waals surface area (Å²) >= 11 is 5.41. The summed E-state index contributed by atoms with van der Waals surface area (Å²) in [6.07, 6.45) is -1.34. The molecule has 1 N–H and O–H groups in total. The van der Waals surface area contributed by atoms with Gasteiger partial charge in [-0.25, -0.2) is 13.2 Å². The first-order valence-corrected chi connectivity index (χ1v) is 19.2. The molecule has 3 aromatic rings. The van der Waals surface area contributed by atoms with E-state index in [0.29, 0.717) is 24.3 Å². The number of thiocarbonyl (C=S) groups is 1. The number of carbonyl (C=O) groups is 3. The number of hydrogen-bond acceptors (Lipinski definition) is 8. The van der Waals surface area contributed by atoms with Crippen LogP contribution in [0.4, 0.5) is 37.7 Å². The van der Waals surface area contributed by atoms with Crippen molar-refractivity contribution in [1.82, 2.24) is 15.2 Å². The highest BCUT2D eigenvalue weighted by atomic mass is 32.1. The van der Waals surface area contributed by atoms with E-state index in [1.165, 1.54) is 32.0 Å². The monoisotopic (exact) mass is 846 g/mol. The molecule has 2 aromatic carbocycles. The number of alkyl halides is 3. The molecule has 2 aliphatic rings. The van der Waals surface area contributed by atoms with Gasteiger partial charge in [0, 0.05) is 30.8 Å². The maximum absolute atomic E-state index is 15.6. The lowest BCUT2D eigenvalue weighted by Crippen LogP contribution is -2.56. The van der Waals surface area contributed by atoms with Crippen molar-refractivity contribution in [2.75, 3.05) is 36.2 Å². The molecule has 1 aromatic heterocycles. The molecule has 0 saturated carbocycles. The molecular formula is C41H44F6N6O5S. The van der Waals surface area contributed by atoms with E-state index < -0.39 is 74.4 Å². The van der Waals surface area contributed by atoms with E-state index in [4.69, 9.17) is 27.0 Å². The molecule has 5 rings (SSSR count). The third kappa shape index (κ3) is 9.46. The molecule has 59 heavy (non-hydrogen) atoms. The highest BCUT2D eigenvalue weighted by Crippen LogP contribution is 2.42. The van der Waals surface area contributed by atoms with Gasteiger partial charge in [-0.05, 0) is 94.4 Å². The Morgan fingerprint density at radius 2 is 1.76 bits per heavy atom. The maximum atomic E-state index is 15.6. The highest BCUT2D eigenvalue weighted by Gasteiger charge is 2.52. The molecule has 3 amide bonds. The van der Waals surface area contributed by atoms with Gasteiger partial charge in [0.2, 0.25) is 11.8 Å². The van der Waals surface area contributed by atoms with Crippen LogP contribution >= 0.6 is 12.2 Å². The Kier molecular flexibility index (Phi) is 13.3. The second-order valence-corrected chi connectivity index (χ2v) is 16.3. The summed E-state index contributed by atoms with van der Waals surface area (Å²) in [4.78, 5) is 46.9. The molecule has 2 atom stereocenters. The van der Waals surface area contributed by atoms with Crippen LogP contribution in [0.2, 0.25) is 0 Å². The van der Waals surface area contributed by atoms with E-state index in [1.807, 2.05) is 32.6 Å². The Labute approximate surface area is 343 Å². The predicted octanol–water partition coefficient (Wildman–Crippen LogP) is 7.69. The van der Waals surface area contributed by atoms with Gasteiger partial charge in [0.1, 0.15) is 29.4 Å². The van der Waals surface area contributed by atoms with Crippen LogP contribution in [-0.2, 0) is 25.3 Å². The van der Waals surface area contributed by atoms with Crippen LogP contribution in [0.15, 0.2) is 42.6 Å². The van der Waals surface area contributed by atoms with Crippen molar-refractivity contribution in [3.8, 4) is 23.1 Å². The number of benzene rings is 2. The van der Waals surface area contributed by atoms with Gasteiger partial charge in [-0.2, -0.15) is 18.4 Å². The molecule has 3 heterocycles. The molecular weight excluding hydrogens is 803 g/mol. The second-order valence-electron chi connectivity index (χ2n) is 15.9. The van der Waals surface area contributed by atoms with Crippen LogP contribution in [0.1, 0.15) is 78.4 Å². The first kappa shape index (κ1) is 44.8. The zero-order valence-electron chi connectivity index (χ0n) is 33.3. The summed E-state index contributed by atoms with van der Waals surface area (Å²) in [6, 6.07) is 6.93. The summed E-state index contributed by atoms with van der Waals surface area (Å²) in [5, 5.41) is 11.5. The van der Waals surface area contributed by atoms with Crippen LogP contribution in [0.25, 0.3) is 11.3 Å².